The molecule has 0 aliphatic rings. The van der Waals surface area contributed by atoms with Crippen LogP contribution in [0.5, 0.6) is 5.75 Å². The number of benzene rings is 1. The summed E-state index contributed by atoms with van der Waals surface area (Å²) in [6.45, 7) is 11.1. The monoisotopic (exact) mass is 521 g/mol. The number of nitrogens with one attached hydrogen (secondary N) is 3. The van der Waals surface area contributed by atoms with Gasteiger partial charge in [-0.2, -0.15) is 0 Å². The number of carbonyl (C=O) groups is 4. The summed E-state index contributed by atoms with van der Waals surface area (Å²) in [5, 5.41) is 18.3. The van der Waals surface area contributed by atoms with Crippen LogP contribution in [0.25, 0.3) is 0 Å². The van der Waals surface area contributed by atoms with E-state index in [0.29, 0.717) is 12.2 Å². The van der Waals surface area contributed by atoms with Gasteiger partial charge in [-0.05, 0) is 43.4 Å². The SMILES string of the molecule is C=C(OC)C(=O)OC(=O)N[C@@H](CC(C)C)C(=O)N[C@@H](CC(C)C)C(O)C(=O)NCCOc1ccccc1. The Morgan fingerprint density at radius 2 is 1.57 bits per heavy atom. The summed E-state index contributed by atoms with van der Waals surface area (Å²) in [5.41, 5.74) is 0. The largest absolute Gasteiger partial charge is 0.492 e. The fourth-order valence-electron chi connectivity index (χ4n) is 3.30. The van der Waals surface area contributed by atoms with Crippen molar-refractivity contribution in [1.82, 2.24) is 16.0 Å². The van der Waals surface area contributed by atoms with E-state index >= 15 is 0 Å². The standard InChI is InChI=1S/C26H39N3O8/c1-16(2)14-20(22(30)24(32)27-12-13-36-19-10-8-7-9-11-19)28-23(31)21(15-17(3)4)29-26(34)37-25(33)18(5)35-6/h7-11,16-17,20-22,30H,5,12-15H2,1-4,6H3,(H,27,32)(H,28,31)(H,29,34)/t20-,21-,22?/m0/s1. The van der Waals surface area contributed by atoms with Crippen LogP contribution in [0, 0.1) is 11.8 Å². The number of ether oxygens (including phenoxy) is 3. The fraction of sp³-hybridized carbons (Fsp3) is 0.538. The molecular formula is C26H39N3O8. The Morgan fingerprint density at radius 1 is 0.946 bits per heavy atom. The molecule has 0 aliphatic carbocycles. The molecule has 11 nitrogen and oxygen atoms in total. The van der Waals surface area contributed by atoms with Gasteiger partial charge in [0, 0.05) is 0 Å². The summed E-state index contributed by atoms with van der Waals surface area (Å²) in [5.74, 6) is -2.09. The highest BCUT2D eigenvalue weighted by molar-refractivity contribution is 5.95. The zero-order valence-corrected chi connectivity index (χ0v) is 22.1. The van der Waals surface area contributed by atoms with Crippen LogP contribution >= 0.6 is 0 Å². The Balaban J connectivity index is 2.78. The number of methoxy groups -OCH3 is 1. The van der Waals surface area contributed by atoms with Gasteiger partial charge in [-0.25, -0.2) is 9.59 Å². The molecule has 206 valence electrons. The van der Waals surface area contributed by atoms with Crippen LogP contribution in [-0.2, 0) is 23.9 Å². The van der Waals surface area contributed by atoms with Crippen molar-refractivity contribution >= 4 is 23.9 Å². The second-order valence-electron chi connectivity index (χ2n) is 9.27. The van der Waals surface area contributed by atoms with Gasteiger partial charge in [-0.1, -0.05) is 45.9 Å². The Hall–Kier alpha value is -3.60. The Labute approximate surface area is 217 Å². The van der Waals surface area contributed by atoms with Gasteiger partial charge in [-0.15, -0.1) is 0 Å². The summed E-state index contributed by atoms with van der Waals surface area (Å²) in [7, 11) is 1.20. The highest BCUT2D eigenvalue weighted by Gasteiger charge is 2.32. The van der Waals surface area contributed by atoms with Crippen molar-refractivity contribution in [3.8, 4) is 5.75 Å². The van der Waals surface area contributed by atoms with E-state index < -0.39 is 42.1 Å². The smallest absolute Gasteiger partial charge is 0.415 e. The molecule has 0 fully saturated rings. The number of hydrogen-bond acceptors (Lipinski definition) is 8. The first-order valence-electron chi connectivity index (χ1n) is 12.1. The molecule has 0 aliphatic heterocycles. The predicted molar refractivity (Wildman–Crippen MR) is 136 cm³/mol. The van der Waals surface area contributed by atoms with Crippen molar-refractivity contribution in [2.75, 3.05) is 20.3 Å². The maximum Gasteiger partial charge on any atom is 0.415 e. The summed E-state index contributed by atoms with van der Waals surface area (Å²) in [4.78, 5) is 49.5. The molecule has 1 unspecified atom stereocenters. The van der Waals surface area contributed by atoms with Gasteiger partial charge in [0.15, 0.2) is 11.9 Å². The highest BCUT2D eigenvalue weighted by atomic mass is 16.6. The zero-order chi connectivity index (χ0) is 28.0. The van der Waals surface area contributed by atoms with Crippen molar-refractivity contribution in [2.45, 2.75) is 58.7 Å². The van der Waals surface area contributed by atoms with E-state index in [-0.39, 0.29) is 37.2 Å². The van der Waals surface area contributed by atoms with Crippen molar-refractivity contribution in [1.29, 1.82) is 0 Å². The van der Waals surface area contributed by atoms with E-state index in [1.807, 2.05) is 45.9 Å². The molecule has 1 aromatic rings. The van der Waals surface area contributed by atoms with E-state index in [1.165, 1.54) is 7.11 Å². The number of rotatable bonds is 15. The van der Waals surface area contributed by atoms with Crippen molar-refractivity contribution in [3.05, 3.63) is 42.7 Å². The number of amides is 3. The predicted octanol–water partition coefficient (Wildman–Crippen LogP) is 1.90. The highest BCUT2D eigenvalue weighted by Crippen LogP contribution is 2.12. The average Bonchev–Trinajstić information content (AvgIpc) is 2.84. The first kappa shape index (κ1) is 31.4. The molecule has 0 aromatic heterocycles. The molecule has 0 saturated heterocycles. The van der Waals surface area contributed by atoms with Crippen molar-refractivity contribution < 1.29 is 38.5 Å². The lowest BCUT2D eigenvalue weighted by Crippen LogP contribution is -2.56. The van der Waals surface area contributed by atoms with Gasteiger partial charge < -0.3 is 35.3 Å². The number of alkyl carbamates (subject to hydrolysis) is 1. The molecule has 0 saturated carbocycles. The minimum absolute atomic E-state index is 0.0120. The second-order valence-corrected chi connectivity index (χ2v) is 9.27. The summed E-state index contributed by atoms with van der Waals surface area (Å²) < 4.78 is 14.7. The average molecular weight is 522 g/mol. The second kappa shape index (κ2) is 16.2. The van der Waals surface area contributed by atoms with E-state index in [4.69, 9.17) is 4.74 Å². The molecule has 11 heteroatoms. The molecule has 3 atom stereocenters. The van der Waals surface area contributed by atoms with E-state index in [0.717, 1.165) is 0 Å². The minimum Gasteiger partial charge on any atom is -0.492 e. The summed E-state index contributed by atoms with van der Waals surface area (Å²) in [6.07, 6.45) is -2.18. The van der Waals surface area contributed by atoms with Gasteiger partial charge in [-0.3, -0.25) is 9.59 Å². The van der Waals surface area contributed by atoms with Crippen LogP contribution in [0.1, 0.15) is 40.5 Å². The number of hydrogen-bond donors (Lipinski definition) is 4. The van der Waals surface area contributed by atoms with Gasteiger partial charge in [0.2, 0.25) is 5.91 Å². The Kier molecular flexibility index (Phi) is 13.8. The van der Waals surface area contributed by atoms with E-state index in [9.17, 15) is 24.3 Å². The van der Waals surface area contributed by atoms with Crippen LogP contribution in [0.15, 0.2) is 42.7 Å². The molecule has 1 aromatic carbocycles. The maximum atomic E-state index is 13.1. The van der Waals surface area contributed by atoms with Crippen molar-refractivity contribution in [2.24, 2.45) is 11.8 Å². The topological polar surface area (TPSA) is 152 Å². The Bertz CT molecular complexity index is 904. The molecule has 0 radical (unpaired) electrons. The van der Waals surface area contributed by atoms with E-state index in [1.54, 1.807) is 12.1 Å². The van der Waals surface area contributed by atoms with Crippen LogP contribution in [0.4, 0.5) is 4.79 Å². The van der Waals surface area contributed by atoms with Gasteiger partial charge in [0.1, 0.15) is 18.4 Å². The molecular weight excluding hydrogens is 482 g/mol. The van der Waals surface area contributed by atoms with Crippen LogP contribution in [0.3, 0.4) is 0 Å². The fourth-order valence-corrected chi connectivity index (χ4v) is 3.30. The number of para-hydroxylation sites is 1. The van der Waals surface area contributed by atoms with Crippen LogP contribution in [-0.4, -0.2) is 67.4 Å². The van der Waals surface area contributed by atoms with Gasteiger partial charge >= 0.3 is 12.1 Å². The zero-order valence-electron chi connectivity index (χ0n) is 22.1. The van der Waals surface area contributed by atoms with Gasteiger partial charge in [0.25, 0.3) is 5.91 Å². The summed E-state index contributed by atoms with van der Waals surface area (Å²) in [6, 6.07) is 7.07. The lowest BCUT2D eigenvalue weighted by molar-refractivity contribution is -0.137. The molecule has 1 rings (SSSR count). The number of esters is 1. The lowest BCUT2D eigenvalue weighted by Gasteiger charge is -2.28. The molecule has 37 heavy (non-hydrogen) atoms. The first-order valence-corrected chi connectivity index (χ1v) is 12.1. The molecule has 0 spiro atoms. The lowest BCUT2D eigenvalue weighted by atomic mass is 9.97. The molecule has 3 amide bonds. The minimum atomic E-state index is -1.54. The van der Waals surface area contributed by atoms with Crippen molar-refractivity contribution in [3.63, 3.8) is 0 Å². The maximum absolute atomic E-state index is 13.1. The normalized spacial score (nSPS) is 13.2. The molecule has 0 bridgehead atoms. The quantitative estimate of drug-likeness (QED) is 0.0898. The Morgan fingerprint density at radius 3 is 2.14 bits per heavy atom. The van der Waals surface area contributed by atoms with Crippen LogP contribution < -0.4 is 20.7 Å². The number of aliphatic hydroxyl groups is 1. The third-order valence-electron chi connectivity index (χ3n) is 5.09. The third kappa shape index (κ3) is 12.3. The molecule has 0 heterocycles. The van der Waals surface area contributed by atoms with Gasteiger partial charge in [0.05, 0.1) is 19.7 Å². The van der Waals surface area contributed by atoms with E-state index in [2.05, 4.69) is 32.0 Å². The van der Waals surface area contributed by atoms with Crippen LogP contribution in [0.2, 0.25) is 0 Å². The summed E-state index contributed by atoms with van der Waals surface area (Å²) >= 11 is 0. The number of aliphatic hydroxyl groups excluding tert-OH is 1. The third-order valence-corrected chi connectivity index (χ3v) is 5.09. The molecule has 4 N–H and O–H groups in total. The first-order chi connectivity index (χ1) is 17.4. The number of carbonyl (C=O) groups excluding carboxylic acids is 4.